The molecule has 0 aliphatic rings. The van der Waals surface area contributed by atoms with Crippen LogP contribution in [0.25, 0.3) is 0 Å². The average molecular weight is 345 g/mol. The summed E-state index contributed by atoms with van der Waals surface area (Å²) in [6.07, 6.45) is 0. The van der Waals surface area contributed by atoms with Crippen molar-refractivity contribution in [3.63, 3.8) is 0 Å². The maximum atomic E-state index is 11.1. The van der Waals surface area contributed by atoms with Gasteiger partial charge < -0.3 is 4.74 Å². The third-order valence-electron chi connectivity index (χ3n) is 2.10. The Morgan fingerprint density at radius 2 is 1.67 bits per heavy atom. The zero-order valence-corrected chi connectivity index (χ0v) is 12.8. The summed E-state index contributed by atoms with van der Waals surface area (Å²) < 4.78 is 4.65. The molecule has 0 atom stereocenters. The Hall–Kier alpha value is 0.390. The Bertz CT molecular complexity index is 188. The van der Waals surface area contributed by atoms with E-state index in [9.17, 15) is 4.79 Å². The summed E-state index contributed by atoms with van der Waals surface area (Å²) in [4.78, 5) is 13.4. The van der Waals surface area contributed by atoms with Crippen molar-refractivity contribution in [2.45, 2.75) is 43.5 Å². The summed E-state index contributed by atoms with van der Waals surface area (Å²) in [7, 11) is 0. The molecule has 0 amide bonds. The highest BCUT2D eigenvalue weighted by Gasteiger charge is 2.15. The summed E-state index contributed by atoms with van der Waals surface area (Å²) in [6, 6.07) is 0.930. The molecule has 0 unspecified atom stereocenters. The molecule has 5 heteroatoms. The summed E-state index contributed by atoms with van der Waals surface area (Å²) in [5, 5.41) is 0. The van der Waals surface area contributed by atoms with Crippen LogP contribution in [-0.2, 0) is 9.53 Å². The number of hydrogen-bond donors (Lipinski definition) is 0. The maximum absolute atomic E-state index is 11.1. The molecule has 0 aromatic rings. The molecule has 0 saturated carbocycles. The molecule has 0 aliphatic carbocycles. The first-order chi connectivity index (χ1) is 6.86. The molecule has 0 aliphatic heterocycles. The molecule has 3 nitrogen and oxygen atoms in total. The molecule has 0 saturated heterocycles. The van der Waals surface area contributed by atoms with Gasteiger partial charge in [0, 0.05) is 18.6 Å². The van der Waals surface area contributed by atoms with E-state index in [1.807, 2.05) is 0 Å². The van der Waals surface area contributed by atoms with Gasteiger partial charge in [0.15, 0.2) is 3.74 Å². The van der Waals surface area contributed by atoms with Gasteiger partial charge in [-0.1, -0.05) is 31.9 Å². The van der Waals surface area contributed by atoms with Crippen molar-refractivity contribution in [1.82, 2.24) is 4.90 Å². The summed E-state index contributed by atoms with van der Waals surface area (Å²) in [5.41, 5.74) is 0. The van der Waals surface area contributed by atoms with E-state index in [1.165, 1.54) is 0 Å². The summed E-state index contributed by atoms with van der Waals surface area (Å²) in [6.45, 7) is 9.76. The zero-order chi connectivity index (χ0) is 12.0. The molecule has 0 spiro atoms. The average Bonchev–Trinajstić information content (AvgIpc) is 2.10. The second-order valence-corrected chi connectivity index (χ2v) is 6.95. The van der Waals surface area contributed by atoms with Gasteiger partial charge in [0.25, 0.3) is 0 Å². The van der Waals surface area contributed by atoms with Crippen molar-refractivity contribution in [3.8, 4) is 0 Å². The van der Waals surface area contributed by atoms with Gasteiger partial charge in [-0.15, -0.1) is 0 Å². The number of rotatable bonds is 6. The van der Waals surface area contributed by atoms with Crippen molar-refractivity contribution in [3.05, 3.63) is 0 Å². The number of hydrogen-bond acceptors (Lipinski definition) is 3. The van der Waals surface area contributed by atoms with Gasteiger partial charge in [-0.2, -0.15) is 0 Å². The normalized spacial score (nSPS) is 11.9. The van der Waals surface area contributed by atoms with E-state index in [4.69, 9.17) is 4.74 Å². The van der Waals surface area contributed by atoms with E-state index < -0.39 is 3.74 Å². The van der Waals surface area contributed by atoms with Gasteiger partial charge in [0.1, 0.15) is 6.61 Å². The second-order valence-electron chi connectivity index (χ2n) is 3.89. The van der Waals surface area contributed by atoms with Crippen LogP contribution in [0, 0.1) is 0 Å². The number of alkyl halides is 2. The minimum absolute atomic E-state index is 0.275. The number of ether oxygens (including phenoxy) is 1. The first-order valence-corrected chi connectivity index (χ1v) is 6.90. The largest absolute Gasteiger partial charge is 0.463 e. The maximum Gasteiger partial charge on any atom is 0.330 e. The molecule has 15 heavy (non-hydrogen) atoms. The van der Waals surface area contributed by atoms with Crippen LogP contribution in [0.4, 0.5) is 0 Å². The van der Waals surface area contributed by atoms with Gasteiger partial charge in [0.2, 0.25) is 0 Å². The Morgan fingerprint density at radius 3 is 2.00 bits per heavy atom. The highest BCUT2D eigenvalue weighted by molar-refractivity contribution is 9.25. The lowest BCUT2D eigenvalue weighted by Gasteiger charge is -2.30. The van der Waals surface area contributed by atoms with E-state index in [0.717, 1.165) is 6.54 Å². The van der Waals surface area contributed by atoms with Crippen molar-refractivity contribution in [2.24, 2.45) is 0 Å². The SMILES string of the molecule is CC(C)N(CCOC(=O)C(Br)Br)C(C)C. The van der Waals surface area contributed by atoms with Crippen molar-refractivity contribution in [1.29, 1.82) is 0 Å². The van der Waals surface area contributed by atoms with Crippen LogP contribution in [0.1, 0.15) is 27.7 Å². The third kappa shape index (κ3) is 6.53. The van der Waals surface area contributed by atoms with Crippen LogP contribution in [-0.4, -0.2) is 39.8 Å². The van der Waals surface area contributed by atoms with Crippen molar-refractivity contribution in [2.75, 3.05) is 13.2 Å². The first-order valence-electron chi connectivity index (χ1n) is 5.06. The van der Waals surface area contributed by atoms with Crippen LogP contribution in [0.2, 0.25) is 0 Å². The molecule has 0 aromatic carbocycles. The molecule has 0 heterocycles. The number of carbonyl (C=O) groups is 1. The highest BCUT2D eigenvalue weighted by Crippen LogP contribution is 2.10. The molecule has 0 aromatic heterocycles. The van der Waals surface area contributed by atoms with Gasteiger partial charge in [-0.05, 0) is 27.7 Å². The topological polar surface area (TPSA) is 29.5 Å². The molecule has 0 rings (SSSR count). The molecular formula is C10H19Br2NO2. The number of nitrogens with zero attached hydrogens (tertiary/aromatic N) is 1. The lowest BCUT2D eigenvalue weighted by Crippen LogP contribution is -2.39. The predicted molar refractivity (Wildman–Crippen MR) is 69.6 cm³/mol. The van der Waals surface area contributed by atoms with Crippen LogP contribution >= 0.6 is 31.9 Å². The number of halogens is 2. The van der Waals surface area contributed by atoms with Gasteiger partial charge >= 0.3 is 5.97 Å². The van der Waals surface area contributed by atoms with Crippen LogP contribution in [0.15, 0.2) is 0 Å². The van der Waals surface area contributed by atoms with Crippen LogP contribution < -0.4 is 0 Å². The van der Waals surface area contributed by atoms with Crippen LogP contribution in [0.5, 0.6) is 0 Å². The number of carbonyl (C=O) groups excluding carboxylic acids is 1. The van der Waals surface area contributed by atoms with E-state index in [1.54, 1.807) is 0 Å². The fourth-order valence-corrected chi connectivity index (χ4v) is 1.69. The standard InChI is InChI=1S/C10H19Br2NO2/c1-7(2)13(8(3)4)5-6-15-10(14)9(11)12/h7-9H,5-6H2,1-4H3. The van der Waals surface area contributed by atoms with Gasteiger partial charge in [0.05, 0.1) is 0 Å². The molecule has 0 fully saturated rings. The van der Waals surface area contributed by atoms with E-state index in [2.05, 4.69) is 64.5 Å². The molecule has 0 bridgehead atoms. The third-order valence-corrected chi connectivity index (χ3v) is 2.85. The Labute approximate surface area is 109 Å². The number of esters is 1. The van der Waals surface area contributed by atoms with E-state index >= 15 is 0 Å². The molecule has 0 N–H and O–H groups in total. The van der Waals surface area contributed by atoms with E-state index in [0.29, 0.717) is 18.7 Å². The minimum atomic E-state index is -0.406. The highest BCUT2D eigenvalue weighted by atomic mass is 79.9. The monoisotopic (exact) mass is 343 g/mol. The minimum Gasteiger partial charge on any atom is -0.463 e. The predicted octanol–water partition coefficient (Wildman–Crippen LogP) is 2.76. The smallest absolute Gasteiger partial charge is 0.330 e. The summed E-state index contributed by atoms with van der Waals surface area (Å²) >= 11 is 6.19. The molecular weight excluding hydrogens is 326 g/mol. The van der Waals surface area contributed by atoms with Gasteiger partial charge in [-0.3, -0.25) is 4.90 Å². The second kappa shape index (κ2) is 7.63. The lowest BCUT2D eigenvalue weighted by atomic mass is 10.2. The van der Waals surface area contributed by atoms with Gasteiger partial charge in [-0.25, -0.2) is 4.79 Å². The fraction of sp³-hybridized carbons (Fsp3) is 0.900. The van der Waals surface area contributed by atoms with E-state index in [-0.39, 0.29) is 5.97 Å². The fourth-order valence-electron chi connectivity index (χ4n) is 1.43. The lowest BCUT2D eigenvalue weighted by molar-refractivity contribution is -0.141. The zero-order valence-electron chi connectivity index (χ0n) is 9.67. The van der Waals surface area contributed by atoms with Crippen LogP contribution in [0.3, 0.4) is 0 Å². The molecule has 90 valence electrons. The Kier molecular flexibility index (Phi) is 7.83. The Morgan fingerprint density at radius 1 is 1.20 bits per heavy atom. The quantitative estimate of drug-likeness (QED) is 0.548. The molecule has 0 radical (unpaired) electrons. The van der Waals surface area contributed by atoms with Crippen molar-refractivity contribution >= 4 is 37.8 Å². The Balaban J connectivity index is 3.87. The summed E-state index contributed by atoms with van der Waals surface area (Å²) in [5.74, 6) is -0.275. The van der Waals surface area contributed by atoms with Crippen molar-refractivity contribution < 1.29 is 9.53 Å². The first kappa shape index (κ1) is 15.4.